The molecule has 0 aliphatic rings. The first kappa shape index (κ1) is 15.6. The quantitative estimate of drug-likeness (QED) is 0.824. The van der Waals surface area contributed by atoms with Crippen LogP contribution in [0.2, 0.25) is 15.2 Å². The molecule has 2 aromatic rings. The van der Waals surface area contributed by atoms with Crippen molar-refractivity contribution in [2.24, 2.45) is 0 Å². The number of nitrogens with zero attached hydrogens (tertiary/aromatic N) is 1. The average Bonchev–Trinajstić information content (AvgIpc) is 2.41. The van der Waals surface area contributed by atoms with Crippen LogP contribution in [-0.4, -0.2) is 22.0 Å². The van der Waals surface area contributed by atoms with E-state index in [-0.39, 0.29) is 32.0 Å². The molecule has 0 radical (unpaired) electrons. The summed E-state index contributed by atoms with van der Waals surface area (Å²) in [5, 5.41) is 12.0. The SMILES string of the molecule is O=C(Nc1c(Cl)cc(Cl)cc1C(=O)O)c1ccc(Cl)nc1. The number of hydrogen-bond donors (Lipinski definition) is 2. The third-order valence-corrected chi connectivity index (χ3v) is 3.25. The molecule has 0 aliphatic carbocycles. The van der Waals surface area contributed by atoms with Gasteiger partial charge in [0, 0.05) is 11.2 Å². The third-order valence-electron chi connectivity index (χ3n) is 2.51. The van der Waals surface area contributed by atoms with Crippen molar-refractivity contribution >= 4 is 52.4 Å². The lowest BCUT2D eigenvalue weighted by molar-refractivity contribution is 0.0698. The van der Waals surface area contributed by atoms with E-state index in [0.717, 1.165) is 0 Å². The zero-order chi connectivity index (χ0) is 15.6. The number of carbonyl (C=O) groups excluding carboxylic acids is 1. The van der Waals surface area contributed by atoms with Crippen molar-refractivity contribution in [3.05, 3.63) is 56.8 Å². The lowest BCUT2D eigenvalue weighted by Crippen LogP contribution is -2.15. The monoisotopic (exact) mass is 344 g/mol. The Bertz CT molecular complexity index is 717. The van der Waals surface area contributed by atoms with Gasteiger partial charge in [0.05, 0.1) is 21.8 Å². The second-order valence-corrected chi connectivity index (χ2v) is 5.17. The highest BCUT2D eigenvalue weighted by Crippen LogP contribution is 2.30. The molecule has 0 saturated carbocycles. The summed E-state index contributed by atoms with van der Waals surface area (Å²) in [4.78, 5) is 27.0. The molecule has 1 aromatic heterocycles. The predicted octanol–water partition coefficient (Wildman–Crippen LogP) is 3.99. The Morgan fingerprint density at radius 3 is 2.43 bits per heavy atom. The highest BCUT2D eigenvalue weighted by molar-refractivity contribution is 6.38. The Labute approximate surface area is 134 Å². The fourth-order valence-corrected chi connectivity index (χ4v) is 2.22. The maximum atomic E-state index is 12.1. The van der Waals surface area contributed by atoms with E-state index >= 15 is 0 Å². The van der Waals surface area contributed by atoms with Crippen LogP contribution in [0.25, 0.3) is 0 Å². The molecule has 1 heterocycles. The van der Waals surface area contributed by atoms with E-state index < -0.39 is 11.9 Å². The molecule has 108 valence electrons. The fourth-order valence-electron chi connectivity index (χ4n) is 1.57. The van der Waals surface area contributed by atoms with Crippen molar-refractivity contribution in [1.29, 1.82) is 0 Å². The number of halogens is 3. The van der Waals surface area contributed by atoms with E-state index in [4.69, 9.17) is 39.9 Å². The van der Waals surface area contributed by atoms with Gasteiger partial charge in [-0.1, -0.05) is 34.8 Å². The number of anilines is 1. The molecule has 2 rings (SSSR count). The van der Waals surface area contributed by atoms with E-state index in [1.165, 1.54) is 30.5 Å². The summed E-state index contributed by atoms with van der Waals surface area (Å²) in [7, 11) is 0. The van der Waals surface area contributed by atoms with Crippen molar-refractivity contribution in [1.82, 2.24) is 4.98 Å². The summed E-state index contributed by atoms with van der Waals surface area (Å²) < 4.78 is 0. The number of pyridine rings is 1. The van der Waals surface area contributed by atoms with Crippen LogP contribution in [0.1, 0.15) is 20.7 Å². The van der Waals surface area contributed by atoms with Crippen molar-refractivity contribution in [3.63, 3.8) is 0 Å². The maximum Gasteiger partial charge on any atom is 0.337 e. The number of carboxylic acid groups (broad SMARTS) is 1. The van der Waals surface area contributed by atoms with Crippen molar-refractivity contribution < 1.29 is 14.7 Å². The first-order valence-corrected chi connectivity index (χ1v) is 6.67. The zero-order valence-electron chi connectivity index (χ0n) is 10.2. The summed E-state index contributed by atoms with van der Waals surface area (Å²) in [5.41, 5.74) is -0.0296. The van der Waals surface area contributed by atoms with Crippen LogP contribution in [-0.2, 0) is 0 Å². The fraction of sp³-hybridized carbons (Fsp3) is 0. The number of benzene rings is 1. The number of carbonyl (C=O) groups is 2. The van der Waals surface area contributed by atoms with Crippen molar-refractivity contribution in [3.8, 4) is 0 Å². The van der Waals surface area contributed by atoms with E-state index in [1.54, 1.807) is 0 Å². The average molecular weight is 346 g/mol. The number of nitrogens with one attached hydrogen (secondary N) is 1. The standard InChI is InChI=1S/C13H7Cl3N2O3/c14-7-3-8(13(20)21)11(9(15)4-7)18-12(19)6-1-2-10(16)17-5-6/h1-5H,(H,18,19)(H,20,21). The third kappa shape index (κ3) is 3.64. The van der Waals surface area contributed by atoms with Crippen LogP contribution in [0.4, 0.5) is 5.69 Å². The summed E-state index contributed by atoms with van der Waals surface area (Å²) >= 11 is 17.3. The molecule has 0 atom stereocenters. The van der Waals surface area contributed by atoms with Gasteiger partial charge < -0.3 is 10.4 Å². The molecule has 5 nitrogen and oxygen atoms in total. The van der Waals surface area contributed by atoms with Gasteiger partial charge in [0.25, 0.3) is 5.91 Å². The molecule has 0 spiro atoms. The lowest BCUT2D eigenvalue weighted by Gasteiger charge is -2.11. The number of hydrogen-bond acceptors (Lipinski definition) is 3. The Balaban J connectivity index is 2.37. The Morgan fingerprint density at radius 2 is 1.86 bits per heavy atom. The Hall–Kier alpha value is -1.82. The minimum Gasteiger partial charge on any atom is -0.478 e. The minimum atomic E-state index is -1.26. The number of aromatic carboxylic acids is 1. The van der Waals surface area contributed by atoms with Crippen LogP contribution in [0, 0.1) is 0 Å². The van der Waals surface area contributed by atoms with Crippen molar-refractivity contribution in [2.75, 3.05) is 5.32 Å². The Morgan fingerprint density at radius 1 is 1.14 bits per heavy atom. The molecule has 0 unspecified atom stereocenters. The minimum absolute atomic E-state index is 0.0233. The number of aromatic nitrogens is 1. The summed E-state index contributed by atoms with van der Waals surface area (Å²) in [6.07, 6.45) is 1.27. The van der Waals surface area contributed by atoms with Crippen LogP contribution in [0.3, 0.4) is 0 Å². The summed E-state index contributed by atoms with van der Waals surface area (Å²) in [6.45, 7) is 0. The zero-order valence-corrected chi connectivity index (χ0v) is 12.5. The van der Waals surface area contributed by atoms with Gasteiger partial charge in [0.2, 0.25) is 0 Å². The summed E-state index contributed by atoms with van der Waals surface area (Å²) in [5.74, 6) is -1.82. The van der Waals surface area contributed by atoms with E-state index in [0.29, 0.717) is 0 Å². The molecule has 0 fully saturated rings. The molecule has 1 aromatic carbocycles. The van der Waals surface area contributed by atoms with Gasteiger partial charge >= 0.3 is 5.97 Å². The Kier molecular flexibility index (Phi) is 4.67. The smallest absolute Gasteiger partial charge is 0.337 e. The largest absolute Gasteiger partial charge is 0.478 e. The molecule has 8 heteroatoms. The molecule has 0 saturated heterocycles. The molecule has 0 bridgehead atoms. The van der Waals surface area contributed by atoms with Gasteiger partial charge in [-0.15, -0.1) is 0 Å². The lowest BCUT2D eigenvalue weighted by atomic mass is 10.1. The first-order chi connectivity index (χ1) is 9.88. The molecule has 0 aliphatic heterocycles. The van der Waals surface area contributed by atoms with Crippen LogP contribution in [0.5, 0.6) is 0 Å². The van der Waals surface area contributed by atoms with Gasteiger partial charge in [0.1, 0.15) is 5.15 Å². The molecule has 21 heavy (non-hydrogen) atoms. The molecular weight excluding hydrogens is 339 g/mol. The summed E-state index contributed by atoms with van der Waals surface area (Å²) in [6, 6.07) is 5.43. The number of carboxylic acids is 1. The second-order valence-electron chi connectivity index (χ2n) is 3.94. The normalized spacial score (nSPS) is 10.2. The number of rotatable bonds is 3. The van der Waals surface area contributed by atoms with Crippen LogP contribution >= 0.6 is 34.8 Å². The first-order valence-electron chi connectivity index (χ1n) is 5.53. The van der Waals surface area contributed by atoms with E-state index in [9.17, 15) is 9.59 Å². The topological polar surface area (TPSA) is 79.3 Å². The van der Waals surface area contributed by atoms with Gasteiger partial charge in [-0.2, -0.15) is 0 Å². The maximum absolute atomic E-state index is 12.1. The predicted molar refractivity (Wildman–Crippen MR) is 80.6 cm³/mol. The van der Waals surface area contributed by atoms with E-state index in [2.05, 4.69) is 10.3 Å². The highest BCUT2D eigenvalue weighted by atomic mass is 35.5. The van der Waals surface area contributed by atoms with Crippen molar-refractivity contribution in [2.45, 2.75) is 0 Å². The van der Waals surface area contributed by atoms with Gasteiger partial charge in [-0.25, -0.2) is 9.78 Å². The number of amides is 1. The van der Waals surface area contributed by atoms with Gasteiger partial charge in [-0.05, 0) is 24.3 Å². The molecule has 1 amide bonds. The van der Waals surface area contributed by atoms with Crippen LogP contribution in [0.15, 0.2) is 30.5 Å². The van der Waals surface area contributed by atoms with Crippen LogP contribution < -0.4 is 5.32 Å². The van der Waals surface area contributed by atoms with E-state index in [1.807, 2.05) is 0 Å². The second kappa shape index (κ2) is 6.30. The highest BCUT2D eigenvalue weighted by Gasteiger charge is 2.18. The molecule has 2 N–H and O–H groups in total. The van der Waals surface area contributed by atoms with Gasteiger partial charge in [0.15, 0.2) is 0 Å². The van der Waals surface area contributed by atoms with Gasteiger partial charge in [-0.3, -0.25) is 4.79 Å². The molecular formula is C13H7Cl3N2O3.